The maximum absolute atomic E-state index is 9.92. The first kappa shape index (κ1) is 10.1. The summed E-state index contributed by atoms with van der Waals surface area (Å²) in [6.45, 7) is 0. The highest BCUT2D eigenvalue weighted by molar-refractivity contribution is 6.21. The van der Waals surface area contributed by atoms with Gasteiger partial charge in [0.05, 0.1) is 38.4 Å². The Kier molecular flexibility index (Phi) is 2.32. The van der Waals surface area contributed by atoms with Crippen molar-refractivity contribution in [2.24, 2.45) is 0 Å². The van der Waals surface area contributed by atoms with Crippen molar-refractivity contribution in [2.75, 3.05) is 0 Å². The van der Waals surface area contributed by atoms with Crippen molar-refractivity contribution < 1.29 is 42.8 Å². The molecule has 0 bridgehead atoms. The number of rotatable bonds is 4. The lowest BCUT2D eigenvalue weighted by Crippen LogP contribution is -1.91. The zero-order valence-corrected chi connectivity index (χ0v) is 22.4. The van der Waals surface area contributed by atoms with Gasteiger partial charge in [-0.1, -0.05) is 163 Å². The third-order valence-corrected chi connectivity index (χ3v) is 7.11. The van der Waals surface area contributed by atoms with Crippen LogP contribution in [0.4, 0.5) is 0 Å². The average molecular weight is 601 g/mol. The molecule has 9 aromatic rings. The van der Waals surface area contributed by atoms with Gasteiger partial charge in [0, 0.05) is 21.9 Å². The Hall–Kier alpha value is -5.92. The predicted octanol–water partition coefficient (Wildman–Crippen LogP) is 12.6. The summed E-state index contributed by atoms with van der Waals surface area (Å²) in [4.78, 5) is 0. The third-order valence-electron chi connectivity index (χ3n) is 7.11. The van der Waals surface area contributed by atoms with Crippen LogP contribution in [0.25, 0.3) is 88.0 Å². The smallest absolute Gasteiger partial charge is 0.143 e. The van der Waals surface area contributed by atoms with E-state index in [1.54, 1.807) is 0 Å². The Labute approximate surface area is 301 Å². The summed E-state index contributed by atoms with van der Waals surface area (Å²) >= 11 is 0. The number of benzene rings is 8. The Morgan fingerprint density at radius 2 is 0.689 bits per heavy atom. The number of furan rings is 1. The number of hydrogen-bond donors (Lipinski definition) is 0. The number of para-hydroxylation sites is 2. The highest BCUT2D eigenvalue weighted by atomic mass is 16.3. The van der Waals surface area contributed by atoms with Crippen molar-refractivity contribution in [3.63, 3.8) is 0 Å². The molecule has 1 heterocycles. The van der Waals surface area contributed by atoms with Crippen LogP contribution in [0.15, 0.2) is 174 Å². The van der Waals surface area contributed by atoms with Crippen LogP contribution in [-0.4, -0.2) is 0 Å². The molecule has 0 radical (unpaired) electrons. The van der Waals surface area contributed by atoms with E-state index in [9.17, 15) is 12.3 Å². The Balaban J connectivity index is 1.57. The minimum atomic E-state index is -1.10. The second-order valence-electron chi connectivity index (χ2n) is 9.51. The minimum Gasteiger partial charge on any atom is -0.455 e. The van der Waals surface area contributed by atoms with Gasteiger partial charge >= 0.3 is 0 Å². The lowest BCUT2D eigenvalue weighted by Gasteiger charge is -2.18. The van der Waals surface area contributed by atoms with Crippen LogP contribution in [0.3, 0.4) is 0 Å². The van der Waals surface area contributed by atoms with Crippen LogP contribution in [-0.2, 0) is 0 Å². The second-order valence-corrected chi connectivity index (χ2v) is 9.51. The molecule has 9 rings (SSSR count). The van der Waals surface area contributed by atoms with Gasteiger partial charge in [-0.15, -0.1) is 0 Å². The first-order valence-corrected chi connectivity index (χ1v) is 13.2. The predicted molar refractivity (Wildman–Crippen MR) is 190 cm³/mol. The van der Waals surface area contributed by atoms with E-state index in [0.29, 0.717) is 0 Å². The van der Waals surface area contributed by atoms with Gasteiger partial charge in [0.25, 0.3) is 0 Å². The lowest BCUT2D eigenvalue weighted by atomic mass is 9.85. The fraction of sp³-hybridized carbons (Fsp3) is 0. The van der Waals surface area contributed by atoms with Gasteiger partial charge < -0.3 is 4.42 Å². The summed E-state index contributed by atoms with van der Waals surface area (Å²) in [7, 11) is 0. The standard InChI is InChI=1S/C44H28O/c1-3-14-29(15-4-1)33-24-12-26-39-40-27-13-25-34(44(40)45-43(33)39)31-18-11-19-32(28-31)42-37-22-9-7-20-35(37)41(30-16-5-2-6-17-30)36-21-8-10-23-38(36)42/h1-28H/i1D,2D,3D,4D,5D,6D,7D,8D,9D,10D,11D,12D,13D,14D,15D,16D,17D,18D,19D,20D,21D,22D,23D,24D,25D,26D,27D,28D. The van der Waals surface area contributed by atoms with Gasteiger partial charge in [-0.2, -0.15) is 0 Å². The fourth-order valence-electron chi connectivity index (χ4n) is 5.27. The molecule has 45 heavy (non-hydrogen) atoms. The molecule has 0 amide bonds. The van der Waals surface area contributed by atoms with E-state index in [1.807, 2.05) is 0 Å². The van der Waals surface area contributed by atoms with Gasteiger partial charge in [0.1, 0.15) is 11.2 Å². The molecule has 0 aliphatic carbocycles. The number of fused-ring (bicyclic) bond motifs is 5. The average Bonchev–Trinajstić information content (AvgIpc) is 3.76. The second kappa shape index (κ2) is 10.4. The molecule has 1 nitrogen and oxygen atoms in total. The van der Waals surface area contributed by atoms with E-state index in [1.165, 1.54) is 0 Å². The Morgan fingerprint density at radius 3 is 1.24 bits per heavy atom. The van der Waals surface area contributed by atoms with Crippen molar-refractivity contribution in [1.29, 1.82) is 0 Å². The van der Waals surface area contributed by atoms with Crippen LogP contribution in [0.2, 0.25) is 0 Å². The minimum absolute atomic E-state index is 0.550. The summed E-state index contributed by atoms with van der Waals surface area (Å²) in [6, 6.07) is -26.8. The first-order valence-electron chi connectivity index (χ1n) is 27.2. The Bertz CT molecular complexity index is 3980. The van der Waals surface area contributed by atoms with E-state index in [4.69, 9.17) is 30.5 Å². The maximum Gasteiger partial charge on any atom is 0.143 e. The highest BCUT2D eigenvalue weighted by Crippen LogP contribution is 2.45. The van der Waals surface area contributed by atoms with Crippen LogP contribution in [0, 0.1) is 0 Å². The molecule has 0 atom stereocenters. The van der Waals surface area contributed by atoms with Crippen molar-refractivity contribution in [3.8, 4) is 44.5 Å². The van der Waals surface area contributed by atoms with Crippen molar-refractivity contribution in [2.45, 2.75) is 0 Å². The summed E-state index contributed by atoms with van der Waals surface area (Å²) in [6.07, 6.45) is 0. The molecule has 0 N–H and O–H groups in total. The monoisotopic (exact) mass is 600 g/mol. The van der Waals surface area contributed by atoms with Gasteiger partial charge in [0.15, 0.2) is 0 Å². The fourth-order valence-corrected chi connectivity index (χ4v) is 5.27. The van der Waals surface area contributed by atoms with Gasteiger partial charge in [-0.05, 0) is 61.0 Å². The third kappa shape index (κ3) is 4.09. The summed E-state index contributed by atoms with van der Waals surface area (Å²) in [5, 5.41) is -4.11. The molecule has 1 aromatic heterocycles. The summed E-state index contributed by atoms with van der Waals surface area (Å²) in [5.41, 5.74) is -7.59. The van der Waals surface area contributed by atoms with E-state index < -0.39 is 257 Å². The number of hydrogen-bond acceptors (Lipinski definition) is 1. The highest BCUT2D eigenvalue weighted by Gasteiger charge is 2.18. The molecule has 1 heteroatoms. The molecule has 210 valence electrons. The van der Waals surface area contributed by atoms with E-state index >= 15 is 0 Å². The van der Waals surface area contributed by atoms with Crippen molar-refractivity contribution in [3.05, 3.63) is 169 Å². The first-order chi connectivity index (χ1) is 34.0. The van der Waals surface area contributed by atoms with Gasteiger partial charge in [-0.3, -0.25) is 0 Å². The normalized spacial score (nSPS) is 20.3. The molecular weight excluding hydrogens is 544 g/mol. The van der Waals surface area contributed by atoms with Crippen molar-refractivity contribution >= 4 is 43.5 Å². The SMILES string of the molecule is [2H]c1c([2H])c([2H])c(-c2c([2H])c([2H])c([2H])c3c2oc2c(-c4c([2H])c([2H])c([2H])c(-c5c6c([2H])c([2H])c([2H])c([2H])c6c(-c6c([2H])c([2H])c([2H])c([2H])c6[2H])c6c([2H])c([2H])c([2H])c([2H])c56)c4[2H])c([2H])c([2H])c([2H])c23)c([2H])c1[2H]. The zero-order chi connectivity index (χ0) is 54.1. The van der Waals surface area contributed by atoms with Gasteiger partial charge in [0.2, 0.25) is 0 Å². The van der Waals surface area contributed by atoms with Gasteiger partial charge in [-0.25, -0.2) is 0 Å². The quantitative estimate of drug-likeness (QED) is 0.183. The molecule has 0 aliphatic heterocycles. The van der Waals surface area contributed by atoms with Crippen LogP contribution in [0.1, 0.15) is 38.4 Å². The molecular formula is C44H28O. The molecule has 0 fully saturated rings. The Morgan fingerprint density at radius 1 is 0.311 bits per heavy atom. The molecule has 0 saturated carbocycles. The zero-order valence-electron chi connectivity index (χ0n) is 50.4. The summed E-state index contributed by atoms with van der Waals surface area (Å²) in [5.74, 6) is 0. The van der Waals surface area contributed by atoms with Crippen LogP contribution >= 0.6 is 0 Å². The lowest BCUT2D eigenvalue weighted by molar-refractivity contribution is 0.671. The molecule has 0 unspecified atom stereocenters. The van der Waals surface area contributed by atoms with Crippen molar-refractivity contribution in [1.82, 2.24) is 0 Å². The van der Waals surface area contributed by atoms with Crippen LogP contribution in [0.5, 0.6) is 0 Å². The van der Waals surface area contributed by atoms with E-state index in [-0.39, 0.29) is 0 Å². The molecule has 0 saturated heterocycles. The largest absolute Gasteiger partial charge is 0.455 e. The van der Waals surface area contributed by atoms with E-state index in [2.05, 4.69) is 0 Å². The maximum atomic E-state index is 9.92. The molecule has 8 aromatic carbocycles. The molecule has 0 aliphatic rings. The molecule has 0 spiro atoms. The van der Waals surface area contributed by atoms with E-state index in [0.717, 1.165) is 0 Å². The van der Waals surface area contributed by atoms with Crippen LogP contribution < -0.4 is 0 Å². The summed E-state index contributed by atoms with van der Waals surface area (Å²) < 4.78 is 255. The topological polar surface area (TPSA) is 13.1 Å².